The van der Waals surface area contributed by atoms with E-state index < -0.39 is 0 Å². The zero-order valence-electron chi connectivity index (χ0n) is 15.1. The van der Waals surface area contributed by atoms with Crippen LogP contribution < -0.4 is 10.2 Å². The van der Waals surface area contributed by atoms with Crippen LogP contribution in [0.25, 0.3) is 10.9 Å². The molecule has 2 heterocycles. The molecule has 0 bridgehead atoms. The molecule has 3 N–H and O–H groups in total. The zero-order chi connectivity index (χ0) is 18.3. The van der Waals surface area contributed by atoms with E-state index in [9.17, 15) is 5.11 Å². The number of pyridine rings is 1. The molecule has 1 aliphatic heterocycles. The van der Waals surface area contributed by atoms with Gasteiger partial charge in [0.05, 0.1) is 17.4 Å². The Morgan fingerprint density at radius 3 is 2.42 bits per heavy atom. The molecular weight excluding hydrogens is 324 g/mol. The molecule has 132 valence electrons. The summed E-state index contributed by atoms with van der Waals surface area (Å²) in [6.07, 6.45) is 0. The molecule has 0 amide bonds. The molecule has 2 aromatic carbocycles. The second kappa shape index (κ2) is 6.20. The maximum atomic E-state index is 10.2. The lowest BCUT2D eigenvalue weighted by atomic mass is 10.0. The monoisotopic (exact) mass is 347 g/mol. The summed E-state index contributed by atoms with van der Waals surface area (Å²) in [7, 11) is 0. The van der Waals surface area contributed by atoms with E-state index in [0.29, 0.717) is 27.7 Å². The number of aliphatic imine (C=N–C) groups is 1. The normalized spacial score (nSPS) is 19.0. The van der Waals surface area contributed by atoms with Crippen molar-refractivity contribution in [2.75, 3.05) is 18.9 Å². The summed E-state index contributed by atoms with van der Waals surface area (Å²) in [5.41, 5.74) is 9.88. The summed E-state index contributed by atoms with van der Waals surface area (Å²) < 4.78 is 0.386. The molecule has 0 saturated heterocycles. The number of hydrogen-bond donors (Lipinski definition) is 2. The molecule has 0 aliphatic carbocycles. The van der Waals surface area contributed by atoms with E-state index in [4.69, 9.17) is 10.7 Å². The summed E-state index contributed by atoms with van der Waals surface area (Å²) in [4.78, 5) is 9.29. The van der Waals surface area contributed by atoms with Gasteiger partial charge in [0.25, 0.3) is 0 Å². The number of para-hydroxylation sites is 2. The number of aromatic nitrogens is 1. The Hall–Kier alpha value is -2.76. The van der Waals surface area contributed by atoms with E-state index in [0.717, 1.165) is 28.8 Å². The van der Waals surface area contributed by atoms with Crippen LogP contribution in [0.1, 0.15) is 13.8 Å². The number of anilines is 1. The Balaban J connectivity index is 2.14. The van der Waals surface area contributed by atoms with Crippen LogP contribution in [0.5, 0.6) is 0 Å². The smallest absolute Gasteiger partial charge is 0.240 e. The molecule has 0 spiro atoms. The van der Waals surface area contributed by atoms with E-state index >= 15 is 0 Å². The Labute approximate surface area is 153 Å². The first-order chi connectivity index (χ1) is 12.6. The molecule has 1 aromatic heterocycles. The van der Waals surface area contributed by atoms with Crippen LogP contribution in [-0.2, 0) is 0 Å². The topological polar surface area (TPSA) is 71.5 Å². The predicted molar refractivity (Wildman–Crippen MR) is 108 cm³/mol. The number of amidine groups is 1. The van der Waals surface area contributed by atoms with Gasteiger partial charge in [-0.2, -0.15) is 4.99 Å². The molecule has 1 aliphatic rings. The molecule has 1 atom stereocenters. The Morgan fingerprint density at radius 2 is 1.73 bits per heavy atom. The highest BCUT2D eigenvalue weighted by Crippen LogP contribution is 2.52. The van der Waals surface area contributed by atoms with Crippen molar-refractivity contribution in [3.63, 3.8) is 0 Å². The van der Waals surface area contributed by atoms with Gasteiger partial charge in [0.15, 0.2) is 17.2 Å². The van der Waals surface area contributed by atoms with Crippen molar-refractivity contribution in [1.29, 1.82) is 0 Å². The van der Waals surface area contributed by atoms with Gasteiger partial charge in [0.1, 0.15) is 12.3 Å². The molecule has 5 heteroatoms. The largest absolute Gasteiger partial charge is 0.384 e. The number of fused-ring (bicyclic) bond motifs is 3. The lowest BCUT2D eigenvalue weighted by molar-refractivity contribution is 0.335. The average Bonchev–Trinajstić information content (AvgIpc) is 2.98. The van der Waals surface area contributed by atoms with Crippen LogP contribution >= 0.6 is 0 Å². The van der Waals surface area contributed by atoms with Gasteiger partial charge in [-0.05, 0) is 12.1 Å². The lowest BCUT2D eigenvalue weighted by Crippen LogP contribution is -2.51. The molecule has 0 fully saturated rings. The molecule has 0 saturated carbocycles. The third-order valence-electron chi connectivity index (χ3n) is 4.91. The molecule has 5 nitrogen and oxygen atoms in total. The van der Waals surface area contributed by atoms with Crippen molar-refractivity contribution in [1.82, 2.24) is 9.47 Å². The molecule has 26 heavy (non-hydrogen) atoms. The van der Waals surface area contributed by atoms with Gasteiger partial charge in [-0.3, -0.25) is 0 Å². The van der Waals surface area contributed by atoms with Crippen LogP contribution in [0.2, 0.25) is 0 Å². The number of hydrogen-bond acceptors (Lipinski definition) is 4. The summed E-state index contributed by atoms with van der Waals surface area (Å²) in [6, 6.07) is 18.2. The summed E-state index contributed by atoms with van der Waals surface area (Å²) >= 11 is 0. The van der Waals surface area contributed by atoms with Crippen molar-refractivity contribution in [2.24, 2.45) is 10.9 Å². The second-order valence-corrected chi connectivity index (χ2v) is 7.12. The van der Waals surface area contributed by atoms with Gasteiger partial charge < -0.3 is 10.8 Å². The Morgan fingerprint density at radius 1 is 1.04 bits per heavy atom. The lowest BCUT2D eigenvalue weighted by Gasteiger charge is -2.36. The van der Waals surface area contributed by atoms with E-state index in [1.165, 1.54) is 0 Å². The van der Waals surface area contributed by atoms with Crippen LogP contribution in [0.4, 0.5) is 22.9 Å². The molecule has 1 unspecified atom stereocenters. The Bertz CT molecular complexity index is 998. The fourth-order valence-electron chi connectivity index (χ4n) is 4.01. The number of aliphatic hydroxyl groups excluding tert-OH is 1. The first-order valence-electron chi connectivity index (χ1n) is 8.89. The minimum absolute atomic E-state index is 0.135. The summed E-state index contributed by atoms with van der Waals surface area (Å²) in [5.74, 6) is 1.47. The van der Waals surface area contributed by atoms with E-state index in [1.54, 1.807) is 0 Å². The molecule has 0 radical (unpaired) electrons. The summed E-state index contributed by atoms with van der Waals surface area (Å²) in [5, 5.41) is 11.2. The quantitative estimate of drug-likeness (QED) is 0.697. The van der Waals surface area contributed by atoms with Crippen molar-refractivity contribution in [3.05, 3.63) is 54.6 Å². The minimum Gasteiger partial charge on any atom is -0.384 e. The van der Waals surface area contributed by atoms with Gasteiger partial charge in [-0.15, -0.1) is 0 Å². The number of nitrogens with two attached hydrogens (primary N) is 1. The Kier molecular flexibility index (Phi) is 3.98. The van der Waals surface area contributed by atoms with Gasteiger partial charge >= 0.3 is 0 Å². The van der Waals surface area contributed by atoms with E-state index in [2.05, 4.69) is 37.0 Å². The van der Waals surface area contributed by atoms with Gasteiger partial charge in [0.2, 0.25) is 5.84 Å². The first kappa shape index (κ1) is 16.7. The molecule has 3 aromatic rings. The van der Waals surface area contributed by atoms with Crippen molar-refractivity contribution in [2.45, 2.75) is 13.8 Å². The third-order valence-corrected chi connectivity index (χ3v) is 4.91. The van der Waals surface area contributed by atoms with Crippen LogP contribution in [0.3, 0.4) is 0 Å². The number of aliphatic hydroxyl groups is 1. The maximum Gasteiger partial charge on any atom is 0.240 e. The summed E-state index contributed by atoms with van der Waals surface area (Å²) in [6.45, 7) is 5.01. The highest BCUT2D eigenvalue weighted by atomic mass is 16.3. The van der Waals surface area contributed by atoms with Crippen molar-refractivity contribution >= 4 is 39.6 Å². The number of nitrogens with zero attached hydrogens (tertiary/aromatic N) is 3. The third kappa shape index (κ3) is 2.32. The fourth-order valence-corrected chi connectivity index (χ4v) is 4.01. The molecular formula is C21H23N4O+. The molecule has 4 rings (SSSR count). The minimum atomic E-state index is -0.135. The number of nitrogen functional groups attached to an aromatic ring is 1. The van der Waals surface area contributed by atoms with Gasteiger partial charge in [0, 0.05) is 18.1 Å². The van der Waals surface area contributed by atoms with E-state index in [-0.39, 0.29) is 6.61 Å². The predicted octanol–water partition coefficient (Wildman–Crippen LogP) is 4.15. The number of quaternary nitrogens is 1. The zero-order valence-corrected chi connectivity index (χ0v) is 15.1. The van der Waals surface area contributed by atoms with Crippen LogP contribution in [0.15, 0.2) is 59.6 Å². The van der Waals surface area contributed by atoms with Crippen LogP contribution in [0, 0.1) is 5.92 Å². The highest BCUT2D eigenvalue weighted by Gasteiger charge is 2.48. The number of benzene rings is 2. The van der Waals surface area contributed by atoms with Crippen LogP contribution in [-0.4, -0.2) is 29.1 Å². The van der Waals surface area contributed by atoms with Crippen molar-refractivity contribution < 1.29 is 5.11 Å². The van der Waals surface area contributed by atoms with E-state index in [1.807, 2.05) is 36.4 Å². The average molecular weight is 347 g/mol. The maximum absolute atomic E-state index is 10.2. The SMILES string of the molecule is CC(C)C[N+]1(c2ccccc2)C(CO)=Nc2c(N)nc3ccccc3c21. The highest BCUT2D eigenvalue weighted by molar-refractivity contribution is 6.16. The van der Waals surface area contributed by atoms with Crippen molar-refractivity contribution in [3.8, 4) is 0 Å². The first-order valence-corrected chi connectivity index (χ1v) is 8.89. The standard InChI is InChI=1S/C21H23N4O/c1-14(2)12-25(15-8-4-3-5-9-15)18(13-26)24-19-20(25)16-10-6-7-11-17(16)23-21(19)22/h3-11,14,26H,12-13H2,1-2H3,(H2,22,23)/q+1. The van der Waals surface area contributed by atoms with Gasteiger partial charge in [-0.25, -0.2) is 9.47 Å². The second-order valence-electron chi connectivity index (χ2n) is 7.12. The number of rotatable bonds is 4. The van der Waals surface area contributed by atoms with Gasteiger partial charge in [-0.1, -0.05) is 44.2 Å². The fraction of sp³-hybridized carbons (Fsp3) is 0.238.